The molecule has 4 N–H and O–H groups in total. The van der Waals surface area contributed by atoms with E-state index in [9.17, 15) is 19.5 Å². The lowest BCUT2D eigenvalue weighted by Gasteiger charge is -2.10. The smallest absolute Gasteiger partial charge is 0.328 e. The summed E-state index contributed by atoms with van der Waals surface area (Å²) in [5, 5.41) is 35.0. The Hall–Kier alpha value is -2.91. The maximum absolute atomic E-state index is 11.9. The first kappa shape index (κ1) is 17.1. The predicted octanol–water partition coefficient (Wildman–Crippen LogP) is -1.35. The number of nitrogens with one attached hydrogen (secondary N) is 1. The lowest BCUT2D eigenvalue weighted by atomic mass is 10.1. The Balaban J connectivity index is 3.22. The third kappa shape index (κ3) is 3.59. The number of carbonyl (C=O) groups is 2. The summed E-state index contributed by atoms with van der Waals surface area (Å²) < 4.78 is 1.98. The first-order valence-corrected chi connectivity index (χ1v) is 6.18. The average Bonchev–Trinajstić information content (AvgIpc) is 2.45. The van der Waals surface area contributed by atoms with E-state index in [4.69, 9.17) is 15.6 Å². The number of aliphatic imine (C=N–C) groups is 1. The van der Waals surface area contributed by atoms with Gasteiger partial charge in [0, 0.05) is 26.7 Å². The van der Waals surface area contributed by atoms with Crippen LogP contribution in [0.5, 0.6) is 5.88 Å². The molecule has 1 aromatic heterocycles. The topological polar surface area (TPSA) is 158 Å². The predicted molar refractivity (Wildman–Crippen MR) is 74.1 cm³/mol. The SMILES string of the molecule is Cn1c(O)c(C=NC(CCC(=O)O)C(=O)O)c(=O)n(C)c1=N. The highest BCUT2D eigenvalue weighted by Crippen LogP contribution is 2.08. The van der Waals surface area contributed by atoms with Gasteiger partial charge in [0.25, 0.3) is 5.56 Å². The molecule has 22 heavy (non-hydrogen) atoms. The zero-order valence-corrected chi connectivity index (χ0v) is 12.0. The Bertz CT molecular complexity index is 745. The summed E-state index contributed by atoms with van der Waals surface area (Å²) in [5.74, 6) is -3.03. The average molecular weight is 312 g/mol. The van der Waals surface area contributed by atoms with E-state index >= 15 is 0 Å². The quantitative estimate of drug-likeness (QED) is 0.475. The number of nitrogens with zero attached hydrogens (tertiary/aromatic N) is 3. The maximum Gasteiger partial charge on any atom is 0.328 e. The fourth-order valence-electron chi connectivity index (χ4n) is 1.68. The highest BCUT2D eigenvalue weighted by Gasteiger charge is 2.18. The number of carboxylic acid groups (broad SMARTS) is 2. The third-order valence-corrected chi connectivity index (χ3v) is 3.03. The molecule has 0 saturated carbocycles. The second-order valence-electron chi connectivity index (χ2n) is 4.55. The molecule has 0 aromatic carbocycles. The van der Waals surface area contributed by atoms with E-state index < -0.39 is 35.8 Å². The fraction of sp³-hybridized carbons (Fsp3) is 0.417. The number of aromatic hydroxyl groups is 1. The van der Waals surface area contributed by atoms with Gasteiger partial charge in [-0.3, -0.25) is 29.1 Å². The highest BCUT2D eigenvalue weighted by molar-refractivity contribution is 5.85. The van der Waals surface area contributed by atoms with Gasteiger partial charge in [0.05, 0.1) is 0 Å². The molecule has 0 radical (unpaired) electrons. The summed E-state index contributed by atoms with van der Waals surface area (Å²) in [4.78, 5) is 37.1. The minimum Gasteiger partial charge on any atom is -0.494 e. The Morgan fingerprint density at radius 1 is 1.32 bits per heavy atom. The molecule has 0 bridgehead atoms. The second-order valence-corrected chi connectivity index (χ2v) is 4.55. The van der Waals surface area contributed by atoms with Crippen LogP contribution in [0.25, 0.3) is 0 Å². The van der Waals surface area contributed by atoms with Crippen molar-refractivity contribution >= 4 is 18.2 Å². The van der Waals surface area contributed by atoms with Gasteiger partial charge in [-0.2, -0.15) is 0 Å². The van der Waals surface area contributed by atoms with Crippen LogP contribution in [0.2, 0.25) is 0 Å². The number of aromatic nitrogens is 2. The molecule has 1 rings (SSSR count). The maximum atomic E-state index is 11.9. The van der Waals surface area contributed by atoms with Crippen LogP contribution in [0.4, 0.5) is 0 Å². The summed E-state index contributed by atoms with van der Waals surface area (Å²) in [6.45, 7) is 0. The van der Waals surface area contributed by atoms with Crippen molar-refractivity contribution < 1.29 is 24.9 Å². The number of hydrogen-bond acceptors (Lipinski definition) is 6. The van der Waals surface area contributed by atoms with Crippen molar-refractivity contribution in [3.63, 3.8) is 0 Å². The molecule has 1 unspecified atom stereocenters. The lowest BCUT2D eigenvalue weighted by Crippen LogP contribution is -2.39. The van der Waals surface area contributed by atoms with Crippen LogP contribution in [-0.4, -0.2) is 48.6 Å². The lowest BCUT2D eigenvalue weighted by molar-refractivity contribution is -0.139. The van der Waals surface area contributed by atoms with E-state index in [2.05, 4.69) is 4.99 Å². The van der Waals surface area contributed by atoms with Crippen LogP contribution >= 0.6 is 0 Å². The van der Waals surface area contributed by atoms with E-state index in [1.54, 1.807) is 0 Å². The largest absolute Gasteiger partial charge is 0.494 e. The van der Waals surface area contributed by atoms with Crippen molar-refractivity contribution in [1.29, 1.82) is 5.41 Å². The van der Waals surface area contributed by atoms with Gasteiger partial charge >= 0.3 is 11.9 Å². The first-order valence-electron chi connectivity index (χ1n) is 6.18. The number of carboxylic acids is 2. The summed E-state index contributed by atoms with van der Waals surface area (Å²) >= 11 is 0. The highest BCUT2D eigenvalue weighted by atomic mass is 16.4. The van der Waals surface area contributed by atoms with Crippen LogP contribution < -0.4 is 11.2 Å². The van der Waals surface area contributed by atoms with E-state index in [0.717, 1.165) is 15.3 Å². The van der Waals surface area contributed by atoms with E-state index in [1.165, 1.54) is 14.1 Å². The van der Waals surface area contributed by atoms with Crippen molar-refractivity contribution in [3.8, 4) is 5.88 Å². The van der Waals surface area contributed by atoms with Crippen molar-refractivity contribution in [2.24, 2.45) is 19.1 Å². The fourth-order valence-corrected chi connectivity index (χ4v) is 1.68. The molecular weight excluding hydrogens is 296 g/mol. The summed E-state index contributed by atoms with van der Waals surface area (Å²) in [5.41, 5.74) is -1.24. The minimum absolute atomic E-state index is 0.245. The third-order valence-electron chi connectivity index (χ3n) is 3.03. The molecule has 0 saturated heterocycles. The molecule has 0 amide bonds. The van der Waals surface area contributed by atoms with Gasteiger partial charge < -0.3 is 15.3 Å². The molecule has 1 aromatic rings. The summed E-state index contributed by atoms with van der Waals surface area (Å²) in [7, 11) is 2.67. The molecule has 0 fully saturated rings. The zero-order valence-electron chi connectivity index (χ0n) is 12.0. The van der Waals surface area contributed by atoms with Crippen molar-refractivity contribution in [1.82, 2.24) is 9.13 Å². The molecule has 0 aliphatic heterocycles. The van der Waals surface area contributed by atoms with E-state index in [1.807, 2.05) is 0 Å². The molecule has 10 heteroatoms. The molecule has 1 heterocycles. The van der Waals surface area contributed by atoms with Crippen LogP contribution in [0.1, 0.15) is 18.4 Å². The molecule has 0 aliphatic rings. The van der Waals surface area contributed by atoms with Gasteiger partial charge in [-0.25, -0.2) is 4.79 Å². The van der Waals surface area contributed by atoms with Crippen LogP contribution in [-0.2, 0) is 23.7 Å². The zero-order chi connectivity index (χ0) is 17.0. The second kappa shape index (κ2) is 6.70. The van der Waals surface area contributed by atoms with E-state index in [-0.39, 0.29) is 17.6 Å². The minimum atomic E-state index is -1.35. The summed E-state index contributed by atoms with van der Waals surface area (Å²) in [6.07, 6.45) is 0.250. The van der Waals surface area contributed by atoms with E-state index in [0.29, 0.717) is 0 Å². The normalized spacial score (nSPS) is 12.5. The van der Waals surface area contributed by atoms with Crippen molar-refractivity contribution in [3.05, 3.63) is 21.5 Å². The first-order chi connectivity index (χ1) is 10.2. The van der Waals surface area contributed by atoms with Gasteiger partial charge in [0.2, 0.25) is 11.5 Å². The van der Waals surface area contributed by atoms with Crippen LogP contribution in [0.3, 0.4) is 0 Å². The summed E-state index contributed by atoms with van der Waals surface area (Å²) in [6, 6.07) is -1.35. The Morgan fingerprint density at radius 2 is 1.91 bits per heavy atom. The van der Waals surface area contributed by atoms with Crippen LogP contribution in [0, 0.1) is 5.41 Å². The van der Waals surface area contributed by atoms with Crippen molar-refractivity contribution in [2.75, 3.05) is 0 Å². The molecule has 0 aliphatic carbocycles. The molecule has 10 nitrogen and oxygen atoms in total. The number of rotatable bonds is 6. The van der Waals surface area contributed by atoms with Gasteiger partial charge in [0.1, 0.15) is 11.6 Å². The van der Waals surface area contributed by atoms with Gasteiger partial charge in [-0.1, -0.05) is 0 Å². The molecule has 1 atom stereocenters. The standard InChI is InChI=1S/C12H16N4O6/c1-15-9(19)6(10(20)16(2)12(15)13)5-14-7(11(21)22)3-4-8(17)18/h5,7,13,19H,3-4H2,1-2H3,(H,17,18)(H,21,22). The van der Waals surface area contributed by atoms with Gasteiger partial charge in [-0.15, -0.1) is 0 Å². The van der Waals surface area contributed by atoms with Crippen LogP contribution in [0.15, 0.2) is 9.79 Å². The molecular formula is C12H16N4O6. The Labute approximate surface area is 124 Å². The number of hydrogen-bond donors (Lipinski definition) is 4. The van der Waals surface area contributed by atoms with Gasteiger partial charge in [0.15, 0.2) is 0 Å². The molecule has 120 valence electrons. The number of aliphatic carboxylic acids is 2. The Morgan fingerprint density at radius 3 is 2.41 bits per heavy atom. The monoisotopic (exact) mass is 312 g/mol. The molecule has 0 spiro atoms. The van der Waals surface area contributed by atoms with Gasteiger partial charge in [-0.05, 0) is 6.42 Å². The Kier molecular flexibility index (Phi) is 5.22. The van der Waals surface area contributed by atoms with Crippen molar-refractivity contribution in [2.45, 2.75) is 18.9 Å².